The number of thioether (sulfide) groups is 1. The molecule has 1 spiro atoms. The van der Waals surface area contributed by atoms with Crippen molar-refractivity contribution in [2.75, 3.05) is 11.9 Å². The van der Waals surface area contributed by atoms with Crippen LogP contribution in [-0.2, 0) is 10.2 Å². The summed E-state index contributed by atoms with van der Waals surface area (Å²) in [5, 5.41) is 16.1. The first kappa shape index (κ1) is 13.0. The first-order chi connectivity index (χ1) is 11.7. The lowest BCUT2D eigenvalue weighted by Gasteiger charge is -2.34. The number of nitrogens with zero attached hydrogens (tertiary/aromatic N) is 2. The standard InChI is InChI=1S/C18H13N3O2S/c22-9-1-3-18-6-11(24-10(18)5-9)21-16-13(18)14-12-8(2-4-19-14)7-20-15(12)17(16)23/h1,3,5,7,11,19,23H,2,4,6H2/t11-,18-/m0/s1. The zero-order valence-electron chi connectivity index (χ0n) is 12.7. The summed E-state index contributed by atoms with van der Waals surface area (Å²) in [6.45, 7) is 0.847. The monoisotopic (exact) mass is 335 g/mol. The van der Waals surface area contributed by atoms with E-state index in [9.17, 15) is 9.90 Å². The third-order valence-corrected chi connectivity index (χ3v) is 6.79. The molecule has 2 bridgehead atoms. The second-order valence-electron chi connectivity index (χ2n) is 6.75. The van der Waals surface area contributed by atoms with Crippen molar-refractivity contribution in [2.45, 2.75) is 23.6 Å². The number of hydrogen-bond acceptors (Lipinski definition) is 6. The quantitative estimate of drug-likeness (QED) is 0.704. The SMILES string of the molecule is O=C1C=C[C@@]23C[C@@H](N=c4c(O)c5c6c(c42)NCCC=6C=N5)SC3=C1. The van der Waals surface area contributed by atoms with Crippen molar-refractivity contribution >= 4 is 40.7 Å². The average molecular weight is 335 g/mol. The van der Waals surface area contributed by atoms with Crippen molar-refractivity contribution in [3.63, 3.8) is 0 Å². The number of ketones is 1. The Morgan fingerprint density at radius 2 is 2.33 bits per heavy atom. The molecular weight excluding hydrogens is 322 g/mol. The topological polar surface area (TPSA) is 74.0 Å². The van der Waals surface area contributed by atoms with Gasteiger partial charge in [-0.25, -0.2) is 0 Å². The number of aliphatic imine (C=N–C) groups is 1. The normalized spacial score (nSPS) is 30.3. The number of allylic oxidation sites excluding steroid dienone is 4. The number of benzene rings is 1. The summed E-state index contributed by atoms with van der Waals surface area (Å²) in [7, 11) is 0. The molecule has 1 aliphatic carbocycles. The maximum Gasteiger partial charge on any atom is 0.179 e. The van der Waals surface area contributed by atoms with Crippen molar-refractivity contribution in [1.29, 1.82) is 0 Å². The predicted octanol–water partition coefficient (Wildman–Crippen LogP) is 1.43. The highest BCUT2D eigenvalue weighted by Gasteiger charge is 2.51. The Balaban J connectivity index is 1.82. The number of phenolic OH excluding ortho intramolecular Hbond substituents is 1. The summed E-state index contributed by atoms with van der Waals surface area (Å²) >= 11 is 1.64. The van der Waals surface area contributed by atoms with Crippen LogP contribution in [0.2, 0.25) is 0 Å². The molecule has 0 saturated carbocycles. The van der Waals surface area contributed by atoms with Gasteiger partial charge in [0.2, 0.25) is 0 Å². The van der Waals surface area contributed by atoms with E-state index in [1.807, 2.05) is 12.3 Å². The van der Waals surface area contributed by atoms with Gasteiger partial charge in [-0.05, 0) is 30.6 Å². The van der Waals surface area contributed by atoms with Gasteiger partial charge >= 0.3 is 0 Å². The predicted molar refractivity (Wildman–Crippen MR) is 93.5 cm³/mol. The van der Waals surface area contributed by atoms with Crippen LogP contribution >= 0.6 is 11.8 Å². The van der Waals surface area contributed by atoms with E-state index in [2.05, 4.69) is 10.3 Å². The summed E-state index contributed by atoms with van der Waals surface area (Å²) in [6, 6.07) is 0. The van der Waals surface area contributed by atoms with Gasteiger partial charge in [0, 0.05) is 28.4 Å². The summed E-state index contributed by atoms with van der Waals surface area (Å²) < 4.78 is 0. The first-order valence-electron chi connectivity index (χ1n) is 8.08. The molecule has 0 aromatic heterocycles. The minimum absolute atomic E-state index is 0.0276. The number of anilines is 1. The molecule has 24 heavy (non-hydrogen) atoms. The molecule has 1 fully saturated rings. The molecule has 0 unspecified atom stereocenters. The maximum atomic E-state index is 11.9. The van der Waals surface area contributed by atoms with E-state index in [0.717, 1.165) is 40.8 Å². The molecule has 0 amide bonds. The van der Waals surface area contributed by atoms with Crippen molar-refractivity contribution in [1.82, 2.24) is 0 Å². The Morgan fingerprint density at radius 1 is 1.42 bits per heavy atom. The second-order valence-corrected chi connectivity index (χ2v) is 7.97. The largest absolute Gasteiger partial charge is 0.504 e. The highest BCUT2D eigenvalue weighted by atomic mass is 32.2. The van der Waals surface area contributed by atoms with E-state index in [1.165, 1.54) is 5.57 Å². The number of carbonyl (C=O) groups is 1. The zero-order chi connectivity index (χ0) is 16.1. The molecule has 118 valence electrons. The number of phenols is 1. The molecule has 5 aliphatic rings. The lowest BCUT2D eigenvalue weighted by molar-refractivity contribution is -0.110. The van der Waals surface area contributed by atoms with E-state index < -0.39 is 0 Å². The summed E-state index contributed by atoms with van der Waals surface area (Å²) in [5.74, 6) is 0.203. The van der Waals surface area contributed by atoms with Crippen LogP contribution in [0.15, 0.2) is 33.1 Å². The van der Waals surface area contributed by atoms with E-state index in [0.29, 0.717) is 11.0 Å². The Morgan fingerprint density at radius 3 is 3.25 bits per heavy atom. The van der Waals surface area contributed by atoms with Crippen molar-refractivity contribution < 1.29 is 9.90 Å². The summed E-state index contributed by atoms with van der Waals surface area (Å²) in [6.07, 6.45) is 9.00. The number of nitrogens with one attached hydrogen (secondary N) is 1. The van der Waals surface area contributed by atoms with E-state index in [-0.39, 0.29) is 22.3 Å². The molecule has 0 radical (unpaired) electrons. The minimum Gasteiger partial charge on any atom is -0.504 e. The Hall–Kier alpha value is -2.34. The molecular formula is C18H13N3O2S. The molecule has 2 N–H and O–H groups in total. The maximum absolute atomic E-state index is 11.9. The first-order valence-corrected chi connectivity index (χ1v) is 8.96. The van der Waals surface area contributed by atoms with E-state index in [4.69, 9.17) is 4.99 Å². The van der Waals surface area contributed by atoms with E-state index >= 15 is 0 Å². The molecule has 5 nitrogen and oxygen atoms in total. The average Bonchev–Trinajstić information content (AvgIpc) is 3.12. The van der Waals surface area contributed by atoms with Gasteiger partial charge in [-0.2, -0.15) is 0 Å². The lowest BCUT2D eigenvalue weighted by atomic mass is 9.71. The van der Waals surface area contributed by atoms with E-state index in [1.54, 1.807) is 23.9 Å². The second kappa shape index (κ2) is 4.00. The van der Waals surface area contributed by atoms with Crippen LogP contribution in [0.5, 0.6) is 5.75 Å². The number of aromatic hydroxyl groups is 1. The van der Waals surface area contributed by atoms with Crippen LogP contribution in [0.1, 0.15) is 18.4 Å². The van der Waals surface area contributed by atoms with Crippen molar-refractivity contribution in [3.05, 3.63) is 39.3 Å². The van der Waals surface area contributed by atoms with Crippen LogP contribution in [0.3, 0.4) is 0 Å². The van der Waals surface area contributed by atoms with Crippen LogP contribution in [-0.4, -0.2) is 29.0 Å². The van der Waals surface area contributed by atoms with Gasteiger partial charge in [-0.1, -0.05) is 6.08 Å². The molecule has 1 aromatic rings. The van der Waals surface area contributed by atoms with Crippen LogP contribution in [0.4, 0.5) is 11.4 Å². The van der Waals surface area contributed by atoms with Gasteiger partial charge in [-0.3, -0.25) is 14.8 Å². The summed E-state index contributed by atoms with van der Waals surface area (Å²) in [5.41, 5.74) is 3.50. The third kappa shape index (κ3) is 1.33. The van der Waals surface area contributed by atoms with Crippen molar-refractivity contribution in [3.8, 4) is 5.75 Å². The number of fused-ring (bicyclic) bond motifs is 3. The molecule has 1 saturated heterocycles. The van der Waals surface area contributed by atoms with Gasteiger partial charge in [0.05, 0.1) is 11.1 Å². The zero-order valence-corrected chi connectivity index (χ0v) is 13.5. The van der Waals surface area contributed by atoms with Gasteiger partial charge in [0.1, 0.15) is 16.4 Å². The Labute approximate surface area is 141 Å². The Kier molecular flexibility index (Phi) is 2.17. The molecule has 4 heterocycles. The number of rotatable bonds is 0. The fourth-order valence-corrected chi connectivity index (χ4v) is 5.96. The fraction of sp³-hybridized carbons (Fsp3) is 0.278. The minimum atomic E-state index is -0.347. The number of carbonyl (C=O) groups excluding carboxylic acids is 1. The van der Waals surface area contributed by atoms with Crippen LogP contribution < -0.4 is 15.9 Å². The Bertz CT molecular complexity index is 1080. The molecule has 2 atom stereocenters. The highest BCUT2D eigenvalue weighted by molar-refractivity contribution is 8.04. The third-order valence-electron chi connectivity index (χ3n) is 5.51. The van der Waals surface area contributed by atoms with Crippen molar-refractivity contribution in [2.24, 2.45) is 9.98 Å². The molecule has 6 rings (SSSR count). The van der Waals surface area contributed by atoms with Gasteiger partial charge < -0.3 is 10.4 Å². The van der Waals surface area contributed by atoms with Crippen LogP contribution in [0.25, 0.3) is 5.57 Å². The van der Waals surface area contributed by atoms with Gasteiger partial charge in [0.15, 0.2) is 11.5 Å². The van der Waals surface area contributed by atoms with Crippen LogP contribution in [0, 0.1) is 0 Å². The summed E-state index contributed by atoms with van der Waals surface area (Å²) in [4.78, 5) is 22.2. The smallest absolute Gasteiger partial charge is 0.179 e. The number of hydrogen-bond donors (Lipinski definition) is 2. The molecule has 1 aromatic carbocycles. The lowest BCUT2D eigenvalue weighted by Crippen LogP contribution is -2.39. The fourth-order valence-electron chi connectivity index (χ4n) is 4.51. The van der Waals surface area contributed by atoms with Gasteiger partial charge in [-0.15, -0.1) is 11.8 Å². The van der Waals surface area contributed by atoms with Gasteiger partial charge in [0.25, 0.3) is 0 Å². The molecule has 4 aliphatic heterocycles. The molecule has 6 heteroatoms. The highest BCUT2D eigenvalue weighted by Crippen LogP contribution is 2.57.